The number of phenols is 1. The van der Waals surface area contributed by atoms with Gasteiger partial charge in [-0.1, -0.05) is 60.7 Å². The van der Waals surface area contributed by atoms with Gasteiger partial charge in [0.2, 0.25) is 5.91 Å². The fourth-order valence-corrected chi connectivity index (χ4v) is 2.69. The van der Waals surface area contributed by atoms with Gasteiger partial charge < -0.3 is 15.7 Å². The van der Waals surface area contributed by atoms with Crippen LogP contribution in [0.15, 0.2) is 84.9 Å². The number of hydrogen-bond acceptors (Lipinski definition) is 3. The van der Waals surface area contributed by atoms with E-state index in [1.165, 1.54) is 6.07 Å². The van der Waals surface area contributed by atoms with Gasteiger partial charge in [-0.05, 0) is 29.8 Å². The van der Waals surface area contributed by atoms with Crippen LogP contribution in [0, 0.1) is 0 Å². The average molecular weight is 360 g/mol. The lowest BCUT2D eigenvalue weighted by Gasteiger charge is -2.19. The third-order valence-corrected chi connectivity index (χ3v) is 4.10. The summed E-state index contributed by atoms with van der Waals surface area (Å²) >= 11 is 0. The van der Waals surface area contributed by atoms with Gasteiger partial charge in [-0.25, -0.2) is 0 Å². The van der Waals surface area contributed by atoms with Gasteiger partial charge >= 0.3 is 0 Å². The molecule has 3 aromatic carbocycles. The lowest BCUT2D eigenvalue weighted by Crippen LogP contribution is -2.45. The van der Waals surface area contributed by atoms with Crippen molar-refractivity contribution in [3.05, 3.63) is 96.1 Å². The maximum absolute atomic E-state index is 12.8. The standard InChI is InChI=1S/C22H20N2O3/c25-20-14-8-7-13-18(20)23-22(27)19(15-16-9-3-1-4-10-16)24-21(26)17-11-5-2-6-12-17/h1-14,19,25H,15H2,(H,23,27)(H,24,26)/t19-/m0/s1. The highest BCUT2D eigenvalue weighted by Crippen LogP contribution is 2.22. The van der Waals surface area contributed by atoms with E-state index >= 15 is 0 Å². The van der Waals surface area contributed by atoms with E-state index in [0.717, 1.165) is 5.56 Å². The van der Waals surface area contributed by atoms with Crippen molar-refractivity contribution in [2.45, 2.75) is 12.5 Å². The van der Waals surface area contributed by atoms with Crippen LogP contribution in [0.3, 0.4) is 0 Å². The molecule has 0 saturated heterocycles. The molecule has 3 N–H and O–H groups in total. The van der Waals surface area contributed by atoms with E-state index in [0.29, 0.717) is 17.7 Å². The Bertz CT molecular complexity index is 911. The van der Waals surface area contributed by atoms with Gasteiger partial charge in [-0.15, -0.1) is 0 Å². The minimum absolute atomic E-state index is 0.0290. The second kappa shape index (κ2) is 8.67. The highest BCUT2D eigenvalue weighted by atomic mass is 16.3. The molecule has 0 bridgehead atoms. The zero-order valence-electron chi connectivity index (χ0n) is 14.6. The number of amides is 2. The zero-order chi connectivity index (χ0) is 19.1. The summed E-state index contributed by atoms with van der Waals surface area (Å²) in [6.07, 6.45) is 0.332. The van der Waals surface area contributed by atoms with E-state index in [2.05, 4.69) is 10.6 Å². The molecule has 0 heterocycles. The van der Waals surface area contributed by atoms with Crippen LogP contribution in [-0.2, 0) is 11.2 Å². The topological polar surface area (TPSA) is 78.4 Å². The Balaban J connectivity index is 1.79. The molecule has 0 spiro atoms. The van der Waals surface area contributed by atoms with Crippen molar-refractivity contribution in [3.63, 3.8) is 0 Å². The van der Waals surface area contributed by atoms with Gasteiger partial charge in [0.25, 0.3) is 5.91 Å². The molecule has 5 nitrogen and oxygen atoms in total. The Kier molecular flexibility index (Phi) is 5.84. The van der Waals surface area contributed by atoms with Gasteiger partial charge in [0.05, 0.1) is 5.69 Å². The van der Waals surface area contributed by atoms with E-state index in [1.54, 1.807) is 42.5 Å². The third kappa shape index (κ3) is 4.95. The average Bonchev–Trinajstić information content (AvgIpc) is 2.70. The number of aromatic hydroxyl groups is 1. The lowest BCUT2D eigenvalue weighted by atomic mass is 10.0. The van der Waals surface area contributed by atoms with Crippen LogP contribution in [0.25, 0.3) is 0 Å². The van der Waals surface area contributed by atoms with Crippen molar-refractivity contribution in [1.29, 1.82) is 0 Å². The number of para-hydroxylation sites is 2. The first-order valence-corrected chi connectivity index (χ1v) is 8.62. The quantitative estimate of drug-likeness (QED) is 0.590. The zero-order valence-corrected chi connectivity index (χ0v) is 14.6. The molecule has 0 radical (unpaired) electrons. The van der Waals surface area contributed by atoms with E-state index in [4.69, 9.17) is 0 Å². The molecule has 0 fully saturated rings. The van der Waals surface area contributed by atoms with Crippen LogP contribution in [0.1, 0.15) is 15.9 Å². The molecule has 3 rings (SSSR count). The normalized spacial score (nSPS) is 11.4. The van der Waals surface area contributed by atoms with Crippen LogP contribution in [0.5, 0.6) is 5.75 Å². The van der Waals surface area contributed by atoms with Crippen LogP contribution >= 0.6 is 0 Å². The van der Waals surface area contributed by atoms with Gasteiger partial charge in [0.1, 0.15) is 11.8 Å². The number of anilines is 1. The summed E-state index contributed by atoms with van der Waals surface area (Å²) in [6.45, 7) is 0. The number of carbonyl (C=O) groups is 2. The third-order valence-electron chi connectivity index (χ3n) is 4.10. The van der Waals surface area contributed by atoms with Gasteiger partial charge in [0, 0.05) is 12.0 Å². The first kappa shape index (κ1) is 18.2. The molecular weight excluding hydrogens is 340 g/mol. The number of rotatable bonds is 6. The number of phenolic OH excluding ortho intramolecular Hbond substituents is 1. The second-order valence-electron chi connectivity index (χ2n) is 6.09. The predicted molar refractivity (Wildman–Crippen MR) is 105 cm³/mol. The van der Waals surface area contributed by atoms with Gasteiger partial charge in [-0.3, -0.25) is 9.59 Å². The lowest BCUT2D eigenvalue weighted by molar-refractivity contribution is -0.118. The van der Waals surface area contributed by atoms with E-state index in [1.807, 2.05) is 36.4 Å². The molecule has 0 unspecified atom stereocenters. The molecule has 136 valence electrons. The van der Waals surface area contributed by atoms with Gasteiger partial charge in [0.15, 0.2) is 0 Å². The molecule has 0 aliphatic carbocycles. The summed E-state index contributed by atoms with van der Waals surface area (Å²) in [4.78, 5) is 25.3. The van der Waals surface area contributed by atoms with Crippen molar-refractivity contribution in [3.8, 4) is 5.75 Å². The van der Waals surface area contributed by atoms with E-state index in [-0.39, 0.29) is 11.7 Å². The highest BCUT2D eigenvalue weighted by molar-refractivity contribution is 6.01. The fourth-order valence-electron chi connectivity index (χ4n) is 2.69. The van der Waals surface area contributed by atoms with Crippen molar-refractivity contribution in [1.82, 2.24) is 5.32 Å². The molecule has 0 aliphatic heterocycles. The monoisotopic (exact) mass is 360 g/mol. The van der Waals surface area contributed by atoms with Crippen molar-refractivity contribution in [2.75, 3.05) is 5.32 Å². The second-order valence-corrected chi connectivity index (χ2v) is 6.09. The van der Waals surface area contributed by atoms with Crippen LogP contribution in [-0.4, -0.2) is 23.0 Å². The van der Waals surface area contributed by atoms with Crippen LogP contribution < -0.4 is 10.6 Å². The van der Waals surface area contributed by atoms with Crippen LogP contribution in [0.4, 0.5) is 5.69 Å². The number of carbonyl (C=O) groups excluding carboxylic acids is 2. The Morgan fingerprint density at radius 2 is 1.41 bits per heavy atom. The molecule has 3 aromatic rings. The summed E-state index contributed by atoms with van der Waals surface area (Å²) in [5, 5.41) is 15.4. The van der Waals surface area contributed by atoms with Crippen LogP contribution in [0.2, 0.25) is 0 Å². The SMILES string of the molecule is O=C(N[C@@H](Cc1ccccc1)C(=O)Nc1ccccc1O)c1ccccc1. The fraction of sp³-hybridized carbons (Fsp3) is 0.0909. The summed E-state index contributed by atoms with van der Waals surface area (Å²) in [5.41, 5.74) is 1.70. The molecule has 0 saturated carbocycles. The summed E-state index contributed by atoms with van der Waals surface area (Å²) in [7, 11) is 0. The minimum atomic E-state index is -0.792. The molecule has 2 amide bonds. The Morgan fingerprint density at radius 1 is 0.815 bits per heavy atom. The Hall–Kier alpha value is -3.60. The molecule has 5 heteroatoms. The summed E-state index contributed by atoms with van der Waals surface area (Å²) < 4.78 is 0. The summed E-state index contributed by atoms with van der Waals surface area (Å²) in [5.74, 6) is -0.757. The molecule has 0 aromatic heterocycles. The maximum Gasteiger partial charge on any atom is 0.251 e. The predicted octanol–water partition coefficient (Wildman–Crippen LogP) is 3.37. The Labute approximate surface area is 157 Å². The first-order chi connectivity index (χ1) is 13.1. The van der Waals surface area contributed by atoms with Gasteiger partial charge in [-0.2, -0.15) is 0 Å². The molecule has 0 aliphatic rings. The maximum atomic E-state index is 12.8. The Morgan fingerprint density at radius 3 is 2.07 bits per heavy atom. The van der Waals surface area contributed by atoms with E-state index < -0.39 is 11.9 Å². The van der Waals surface area contributed by atoms with Crippen molar-refractivity contribution >= 4 is 17.5 Å². The minimum Gasteiger partial charge on any atom is -0.506 e. The summed E-state index contributed by atoms with van der Waals surface area (Å²) in [6, 6.07) is 23.9. The first-order valence-electron chi connectivity index (χ1n) is 8.62. The number of hydrogen-bond donors (Lipinski definition) is 3. The number of benzene rings is 3. The number of nitrogens with one attached hydrogen (secondary N) is 2. The highest BCUT2D eigenvalue weighted by Gasteiger charge is 2.22. The largest absolute Gasteiger partial charge is 0.506 e. The van der Waals surface area contributed by atoms with Crippen molar-refractivity contribution in [2.24, 2.45) is 0 Å². The van der Waals surface area contributed by atoms with E-state index in [9.17, 15) is 14.7 Å². The molecule has 27 heavy (non-hydrogen) atoms. The molecule has 1 atom stereocenters. The molecular formula is C22H20N2O3. The van der Waals surface area contributed by atoms with Crippen molar-refractivity contribution < 1.29 is 14.7 Å². The smallest absolute Gasteiger partial charge is 0.251 e.